The van der Waals surface area contributed by atoms with Gasteiger partial charge in [0.15, 0.2) is 0 Å². The van der Waals surface area contributed by atoms with E-state index in [-0.39, 0.29) is 0 Å². The summed E-state index contributed by atoms with van der Waals surface area (Å²) >= 11 is 3.58. The summed E-state index contributed by atoms with van der Waals surface area (Å²) in [6, 6.07) is 10.6. The summed E-state index contributed by atoms with van der Waals surface area (Å²) < 4.78 is 1.10. The zero-order valence-corrected chi connectivity index (χ0v) is 16.7. The van der Waals surface area contributed by atoms with Crippen molar-refractivity contribution in [1.29, 1.82) is 0 Å². The van der Waals surface area contributed by atoms with Crippen molar-refractivity contribution in [3.05, 3.63) is 76.0 Å². The molecular weight excluding hydrogens is 400 g/mol. The Labute approximate surface area is 167 Å². The molecule has 0 bridgehead atoms. The van der Waals surface area contributed by atoms with Crippen molar-refractivity contribution >= 4 is 15.9 Å². The normalized spacial score (nSPS) is 16.9. The number of hydrogen-bond donors (Lipinski definition) is 0. The van der Waals surface area contributed by atoms with Gasteiger partial charge in [-0.2, -0.15) is 0 Å². The lowest BCUT2D eigenvalue weighted by Crippen LogP contribution is -2.31. The molecule has 0 saturated heterocycles. The number of hydrogen-bond acceptors (Lipinski definition) is 4. The highest BCUT2D eigenvalue weighted by atomic mass is 79.9. The fourth-order valence-corrected chi connectivity index (χ4v) is 4.19. The third kappa shape index (κ3) is 3.66. The molecule has 0 radical (unpaired) electrons. The lowest BCUT2D eigenvalue weighted by molar-refractivity contribution is 0.242. The highest BCUT2D eigenvalue weighted by Crippen LogP contribution is 2.38. The summed E-state index contributed by atoms with van der Waals surface area (Å²) in [5, 5.41) is 0. The molecule has 3 heterocycles. The summed E-state index contributed by atoms with van der Waals surface area (Å²) in [6.07, 6.45) is 9.44. The molecule has 2 aliphatic rings. The summed E-state index contributed by atoms with van der Waals surface area (Å²) in [5.41, 5.74) is 6.25. The summed E-state index contributed by atoms with van der Waals surface area (Å²) in [5.74, 6) is 1.68. The first-order valence-electron chi connectivity index (χ1n) is 9.52. The minimum absolute atomic E-state index is 0.622. The van der Waals surface area contributed by atoms with Crippen LogP contribution in [-0.2, 0) is 19.5 Å². The van der Waals surface area contributed by atoms with Gasteiger partial charge in [0, 0.05) is 66.3 Å². The van der Waals surface area contributed by atoms with Crippen LogP contribution in [0.25, 0.3) is 11.1 Å². The van der Waals surface area contributed by atoms with Gasteiger partial charge in [0.25, 0.3) is 0 Å². The van der Waals surface area contributed by atoms with Gasteiger partial charge in [-0.05, 0) is 47.7 Å². The average molecular weight is 421 g/mol. The lowest BCUT2D eigenvalue weighted by Gasteiger charge is -2.28. The van der Waals surface area contributed by atoms with E-state index < -0.39 is 0 Å². The molecule has 1 aromatic carbocycles. The Balaban J connectivity index is 1.37. The van der Waals surface area contributed by atoms with Crippen LogP contribution in [0.1, 0.15) is 41.4 Å². The van der Waals surface area contributed by atoms with Gasteiger partial charge in [-0.3, -0.25) is 9.88 Å². The zero-order valence-electron chi connectivity index (χ0n) is 15.1. The van der Waals surface area contributed by atoms with Crippen molar-refractivity contribution in [2.45, 2.75) is 38.3 Å². The van der Waals surface area contributed by atoms with Gasteiger partial charge in [-0.1, -0.05) is 28.1 Å². The van der Waals surface area contributed by atoms with Crippen molar-refractivity contribution < 1.29 is 0 Å². The van der Waals surface area contributed by atoms with E-state index in [1.54, 1.807) is 0 Å². The van der Waals surface area contributed by atoms with Crippen LogP contribution in [0.3, 0.4) is 0 Å². The number of benzene rings is 1. The van der Waals surface area contributed by atoms with Gasteiger partial charge >= 0.3 is 0 Å². The molecule has 4 nitrogen and oxygen atoms in total. The van der Waals surface area contributed by atoms with Crippen LogP contribution in [0.4, 0.5) is 0 Å². The van der Waals surface area contributed by atoms with E-state index in [0.29, 0.717) is 5.92 Å². The molecule has 0 amide bonds. The van der Waals surface area contributed by atoms with Crippen molar-refractivity contribution in [3.8, 4) is 11.1 Å². The van der Waals surface area contributed by atoms with Crippen molar-refractivity contribution in [2.24, 2.45) is 0 Å². The number of halogens is 1. The highest BCUT2D eigenvalue weighted by molar-refractivity contribution is 9.10. The van der Waals surface area contributed by atoms with Crippen LogP contribution in [-0.4, -0.2) is 26.4 Å². The molecular formula is C22H21BrN4. The van der Waals surface area contributed by atoms with Crippen LogP contribution in [0, 0.1) is 0 Å². The molecule has 0 spiro atoms. The van der Waals surface area contributed by atoms with E-state index in [1.807, 2.05) is 12.4 Å². The molecule has 136 valence electrons. The molecule has 5 heteroatoms. The SMILES string of the molecule is Brc1cccc(-c2ccncc2CN2CCc3nc(C4CC4)ncc3C2)c1. The standard InChI is InChI=1S/C22H21BrN4/c23-19-3-1-2-16(10-19)20-6-8-24-11-17(20)13-27-9-7-21-18(14-27)12-25-22(26-21)15-4-5-15/h1-3,6,8,10-12,15H,4-5,7,9,13-14H2. The number of fused-ring (bicyclic) bond motifs is 1. The minimum Gasteiger partial charge on any atom is -0.294 e. The topological polar surface area (TPSA) is 41.9 Å². The Morgan fingerprint density at radius 3 is 2.93 bits per heavy atom. The first-order valence-corrected chi connectivity index (χ1v) is 10.3. The van der Waals surface area contributed by atoms with E-state index in [2.05, 4.69) is 67.3 Å². The highest BCUT2D eigenvalue weighted by Gasteiger charge is 2.28. The maximum absolute atomic E-state index is 4.84. The maximum Gasteiger partial charge on any atom is 0.131 e. The summed E-state index contributed by atoms with van der Waals surface area (Å²) in [7, 11) is 0. The van der Waals surface area contributed by atoms with E-state index in [9.17, 15) is 0 Å². The third-order valence-electron chi connectivity index (χ3n) is 5.41. The van der Waals surface area contributed by atoms with E-state index >= 15 is 0 Å². The molecule has 5 rings (SSSR count). The number of aromatic nitrogens is 3. The molecule has 0 N–H and O–H groups in total. The quantitative estimate of drug-likeness (QED) is 0.611. The molecule has 1 fully saturated rings. The Hall–Kier alpha value is -2.11. The molecule has 0 atom stereocenters. The van der Waals surface area contributed by atoms with Crippen LogP contribution in [0.5, 0.6) is 0 Å². The largest absolute Gasteiger partial charge is 0.294 e. The average Bonchev–Trinajstić information content (AvgIpc) is 3.53. The van der Waals surface area contributed by atoms with E-state index in [0.717, 1.165) is 36.4 Å². The summed E-state index contributed by atoms with van der Waals surface area (Å²) in [4.78, 5) is 16.3. The Morgan fingerprint density at radius 1 is 1.15 bits per heavy atom. The Kier molecular flexibility index (Phi) is 4.50. The fraction of sp³-hybridized carbons (Fsp3) is 0.318. The zero-order chi connectivity index (χ0) is 18.2. The van der Waals surface area contributed by atoms with Crippen molar-refractivity contribution in [2.75, 3.05) is 6.54 Å². The van der Waals surface area contributed by atoms with Gasteiger partial charge in [0.2, 0.25) is 0 Å². The minimum atomic E-state index is 0.622. The Bertz CT molecular complexity index is 984. The number of pyridine rings is 1. The molecule has 0 unspecified atom stereocenters. The van der Waals surface area contributed by atoms with Crippen LogP contribution in [0.15, 0.2) is 53.4 Å². The smallest absolute Gasteiger partial charge is 0.131 e. The van der Waals surface area contributed by atoms with Crippen LogP contribution in [0.2, 0.25) is 0 Å². The second-order valence-corrected chi connectivity index (χ2v) is 8.39. The van der Waals surface area contributed by atoms with Gasteiger partial charge in [0.05, 0.1) is 0 Å². The molecule has 1 aliphatic heterocycles. The van der Waals surface area contributed by atoms with Gasteiger partial charge < -0.3 is 0 Å². The second-order valence-electron chi connectivity index (χ2n) is 7.48. The fourth-order valence-electron chi connectivity index (χ4n) is 3.79. The predicted octanol–water partition coefficient (Wildman–Crippen LogP) is 4.74. The molecule has 2 aromatic heterocycles. The molecule has 27 heavy (non-hydrogen) atoms. The van der Waals surface area contributed by atoms with Crippen molar-refractivity contribution in [1.82, 2.24) is 19.9 Å². The third-order valence-corrected chi connectivity index (χ3v) is 5.90. The monoisotopic (exact) mass is 420 g/mol. The number of nitrogens with zero attached hydrogens (tertiary/aromatic N) is 4. The van der Waals surface area contributed by atoms with Crippen molar-refractivity contribution in [3.63, 3.8) is 0 Å². The van der Waals surface area contributed by atoms with Gasteiger partial charge in [-0.15, -0.1) is 0 Å². The summed E-state index contributed by atoms with van der Waals surface area (Å²) in [6.45, 7) is 2.83. The van der Waals surface area contributed by atoms with E-state index in [1.165, 1.54) is 40.8 Å². The first-order chi connectivity index (χ1) is 13.3. The van der Waals surface area contributed by atoms with Crippen LogP contribution < -0.4 is 0 Å². The lowest BCUT2D eigenvalue weighted by atomic mass is 10.0. The van der Waals surface area contributed by atoms with Gasteiger partial charge in [0.1, 0.15) is 5.82 Å². The molecule has 1 saturated carbocycles. The first kappa shape index (κ1) is 17.0. The maximum atomic E-state index is 4.84. The van der Waals surface area contributed by atoms with Gasteiger partial charge in [-0.25, -0.2) is 9.97 Å². The van der Waals surface area contributed by atoms with E-state index in [4.69, 9.17) is 4.98 Å². The number of rotatable bonds is 4. The van der Waals surface area contributed by atoms with Crippen LogP contribution >= 0.6 is 15.9 Å². The second kappa shape index (κ2) is 7.13. The molecule has 1 aliphatic carbocycles. The predicted molar refractivity (Wildman–Crippen MR) is 109 cm³/mol. The molecule has 3 aromatic rings. The Morgan fingerprint density at radius 2 is 2.07 bits per heavy atom.